The van der Waals surface area contributed by atoms with Crippen molar-refractivity contribution in [2.45, 2.75) is 26.2 Å². The Balaban J connectivity index is 2.22. The minimum atomic E-state index is 0.111. The Morgan fingerprint density at radius 2 is 2.07 bits per heavy atom. The summed E-state index contributed by atoms with van der Waals surface area (Å²) < 4.78 is 0. The Morgan fingerprint density at radius 1 is 1.27 bits per heavy atom. The molecule has 0 aliphatic heterocycles. The van der Waals surface area contributed by atoms with E-state index in [1.54, 1.807) is 0 Å². The summed E-state index contributed by atoms with van der Waals surface area (Å²) in [6, 6.07) is 7.84. The zero-order chi connectivity index (χ0) is 10.7. The molecule has 1 aliphatic carbocycles. The van der Waals surface area contributed by atoms with Crippen LogP contribution >= 0.6 is 0 Å². The molecule has 0 heterocycles. The molecule has 0 radical (unpaired) electrons. The van der Waals surface area contributed by atoms with Gasteiger partial charge in [0.25, 0.3) is 0 Å². The summed E-state index contributed by atoms with van der Waals surface area (Å²) in [5.74, 6) is 0.404. The fourth-order valence-electron chi connectivity index (χ4n) is 2.03. The van der Waals surface area contributed by atoms with Crippen LogP contribution in [0.25, 0.3) is 6.08 Å². The minimum Gasteiger partial charge on any atom is -0.293 e. The highest BCUT2D eigenvalue weighted by Crippen LogP contribution is 2.25. The molecule has 1 unspecified atom stereocenters. The topological polar surface area (TPSA) is 17.1 Å². The first-order chi connectivity index (χ1) is 7.33. The van der Waals surface area contributed by atoms with E-state index in [9.17, 15) is 4.79 Å². The van der Waals surface area contributed by atoms with Crippen LogP contribution in [-0.2, 0) is 0 Å². The lowest BCUT2D eigenvalue weighted by Crippen LogP contribution is -2.16. The number of Topliss-reactive ketones (excluding diaryl/α,β-unsaturated/α-hetero) is 1. The van der Waals surface area contributed by atoms with Gasteiger partial charge in [-0.2, -0.15) is 0 Å². The summed E-state index contributed by atoms with van der Waals surface area (Å²) in [7, 11) is 0. The first kappa shape index (κ1) is 10.2. The van der Waals surface area contributed by atoms with Crippen molar-refractivity contribution in [1.82, 2.24) is 0 Å². The van der Waals surface area contributed by atoms with Gasteiger partial charge in [-0.15, -0.1) is 0 Å². The van der Waals surface area contributed by atoms with E-state index in [-0.39, 0.29) is 5.92 Å². The molecule has 2 rings (SSSR count). The molecule has 0 saturated heterocycles. The van der Waals surface area contributed by atoms with Gasteiger partial charge >= 0.3 is 0 Å². The normalized spacial score (nSPS) is 19.0. The number of hydrogen-bond donors (Lipinski definition) is 0. The number of ketones is 1. The highest BCUT2D eigenvalue weighted by molar-refractivity contribution is 6.04. The van der Waals surface area contributed by atoms with Crippen molar-refractivity contribution in [3.05, 3.63) is 41.5 Å². The highest BCUT2D eigenvalue weighted by atomic mass is 16.1. The molecule has 0 aromatic heterocycles. The van der Waals surface area contributed by atoms with Crippen LogP contribution in [0.1, 0.15) is 42.1 Å². The second kappa shape index (κ2) is 4.43. The molecule has 1 heteroatoms. The summed E-state index contributed by atoms with van der Waals surface area (Å²) in [6.07, 6.45) is 7.40. The average Bonchev–Trinajstić information content (AvgIpc) is 2.29. The number of carbonyl (C=O) groups excluding carboxylic acids is 1. The van der Waals surface area contributed by atoms with Crippen LogP contribution < -0.4 is 0 Å². The Hall–Kier alpha value is -1.37. The molecule has 1 aliphatic rings. The quantitative estimate of drug-likeness (QED) is 0.727. The fraction of sp³-hybridized carbons (Fsp3) is 0.357. The summed E-state index contributed by atoms with van der Waals surface area (Å²) in [5, 5.41) is 0. The van der Waals surface area contributed by atoms with Crippen molar-refractivity contribution in [3.8, 4) is 0 Å². The van der Waals surface area contributed by atoms with Crippen LogP contribution in [0.5, 0.6) is 0 Å². The number of carbonyl (C=O) groups is 1. The molecule has 15 heavy (non-hydrogen) atoms. The first-order valence-corrected chi connectivity index (χ1v) is 5.64. The van der Waals surface area contributed by atoms with Gasteiger partial charge in [-0.1, -0.05) is 56.2 Å². The molecular formula is C14H16O. The Labute approximate surface area is 90.8 Å². The van der Waals surface area contributed by atoms with Gasteiger partial charge in [0.15, 0.2) is 5.78 Å². The van der Waals surface area contributed by atoms with Crippen molar-refractivity contribution in [1.29, 1.82) is 0 Å². The van der Waals surface area contributed by atoms with Gasteiger partial charge in [-0.3, -0.25) is 4.79 Å². The molecule has 0 fully saturated rings. The number of hydrogen-bond acceptors (Lipinski definition) is 1. The largest absolute Gasteiger partial charge is 0.293 e. The molecule has 1 nitrogen and oxygen atoms in total. The van der Waals surface area contributed by atoms with Crippen LogP contribution in [-0.4, -0.2) is 5.78 Å². The summed E-state index contributed by atoms with van der Waals surface area (Å²) in [6.45, 7) is 2.16. The van der Waals surface area contributed by atoms with E-state index in [1.807, 2.05) is 24.3 Å². The molecule has 0 N–H and O–H groups in total. The SMILES string of the molecule is CCCCC1C=Cc2ccccc2C1=O. The summed E-state index contributed by atoms with van der Waals surface area (Å²) in [4.78, 5) is 12.1. The highest BCUT2D eigenvalue weighted by Gasteiger charge is 2.21. The monoisotopic (exact) mass is 200 g/mol. The van der Waals surface area contributed by atoms with Crippen LogP contribution in [0.2, 0.25) is 0 Å². The maximum Gasteiger partial charge on any atom is 0.170 e. The maximum absolute atomic E-state index is 12.1. The van der Waals surface area contributed by atoms with E-state index < -0.39 is 0 Å². The second-order valence-electron chi connectivity index (χ2n) is 4.06. The molecule has 1 aromatic carbocycles. The average molecular weight is 200 g/mol. The maximum atomic E-state index is 12.1. The predicted molar refractivity (Wildman–Crippen MR) is 62.8 cm³/mol. The zero-order valence-corrected chi connectivity index (χ0v) is 9.07. The van der Waals surface area contributed by atoms with Crippen molar-refractivity contribution >= 4 is 11.9 Å². The molecule has 0 bridgehead atoms. The number of fused-ring (bicyclic) bond motifs is 1. The van der Waals surface area contributed by atoms with Crippen molar-refractivity contribution in [2.75, 3.05) is 0 Å². The molecule has 0 spiro atoms. The van der Waals surface area contributed by atoms with Crippen molar-refractivity contribution in [3.63, 3.8) is 0 Å². The molecular weight excluding hydrogens is 184 g/mol. The number of unbranched alkanes of at least 4 members (excludes halogenated alkanes) is 1. The van der Waals surface area contributed by atoms with E-state index in [1.165, 1.54) is 0 Å². The standard InChI is InChI=1S/C14H16O/c1-2-3-6-12-10-9-11-7-4-5-8-13(11)14(12)15/h4-5,7-10,12H,2-3,6H2,1H3. The second-order valence-corrected chi connectivity index (χ2v) is 4.06. The minimum absolute atomic E-state index is 0.111. The van der Waals surface area contributed by atoms with Crippen LogP contribution in [0.15, 0.2) is 30.3 Å². The molecule has 1 atom stereocenters. The lowest BCUT2D eigenvalue weighted by Gasteiger charge is -2.17. The van der Waals surface area contributed by atoms with Crippen molar-refractivity contribution in [2.24, 2.45) is 5.92 Å². The van der Waals surface area contributed by atoms with Gasteiger partial charge in [0.2, 0.25) is 0 Å². The van der Waals surface area contributed by atoms with Gasteiger partial charge in [-0.05, 0) is 12.0 Å². The summed E-state index contributed by atoms with van der Waals surface area (Å²) >= 11 is 0. The van der Waals surface area contributed by atoms with Gasteiger partial charge in [0, 0.05) is 11.5 Å². The molecule has 1 aromatic rings. The van der Waals surface area contributed by atoms with Gasteiger partial charge < -0.3 is 0 Å². The molecule has 0 amide bonds. The van der Waals surface area contributed by atoms with Crippen molar-refractivity contribution < 1.29 is 4.79 Å². The predicted octanol–water partition coefficient (Wildman–Crippen LogP) is 3.70. The zero-order valence-electron chi connectivity index (χ0n) is 9.07. The Morgan fingerprint density at radius 3 is 2.87 bits per heavy atom. The first-order valence-electron chi connectivity index (χ1n) is 5.64. The smallest absolute Gasteiger partial charge is 0.170 e. The van der Waals surface area contributed by atoms with E-state index in [4.69, 9.17) is 0 Å². The molecule has 78 valence electrons. The lowest BCUT2D eigenvalue weighted by molar-refractivity contribution is 0.0937. The van der Waals surface area contributed by atoms with Gasteiger partial charge in [0.05, 0.1) is 0 Å². The van der Waals surface area contributed by atoms with E-state index >= 15 is 0 Å². The number of allylic oxidation sites excluding steroid dienone is 1. The van der Waals surface area contributed by atoms with Crippen LogP contribution in [0.3, 0.4) is 0 Å². The third-order valence-corrected chi connectivity index (χ3v) is 2.94. The van der Waals surface area contributed by atoms with Gasteiger partial charge in [0.1, 0.15) is 0 Å². The van der Waals surface area contributed by atoms with E-state index in [2.05, 4.69) is 19.1 Å². The van der Waals surface area contributed by atoms with Crippen LogP contribution in [0.4, 0.5) is 0 Å². The molecule has 0 saturated carbocycles. The van der Waals surface area contributed by atoms with E-state index in [0.717, 1.165) is 30.4 Å². The van der Waals surface area contributed by atoms with E-state index in [0.29, 0.717) is 5.78 Å². The number of benzene rings is 1. The Bertz CT molecular complexity index is 390. The lowest BCUT2D eigenvalue weighted by atomic mass is 9.85. The third-order valence-electron chi connectivity index (χ3n) is 2.94. The third kappa shape index (κ3) is 2.01. The fourth-order valence-corrected chi connectivity index (χ4v) is 2.03. The summed E-state index contributed by atoms with van der Waals surface area (Å²) in [5.41, 5.74) is 1.95. The van der Waals surface area contributed by atoms with Gasteiger partial charge in [-0.25, -0.2) is 0 Å². The number of rotatable bonds is 3. The van der Waals surface area contributed by atoms with Crippen LogP contribution in [0, 0.1) is 5.92 Å². The Kier molecular flexibility index (Phi) is 3.00.